The topological polar surface area (TPSA) is 53.3 Å². The third-order valence-corrected chi connectivity index (χ3v) is 4.06. The molecular weight excluding hydrogens is 319 g/mol. The third-order valence-electron chi connectivity index (χ3n) is 4.06. The Hall–Kier alpha value is -2.97. The van der Waals surface area contributed by atoms with E-state index in [9.17, 15) is 9.18 Å². The van der Waals surface area contributed by atoms with E-state index >= 15 is 0 Å². The Morgan fingerprint density at radius 1 is 1.16 bits per heavy atom. The molecule has 1 saturated heterocycles. The van der Waals surface area contributed by atoms with Crippen molar-refractivity contribution in [2.24, 2.45) is 0 Å². The molecule has 0 N–H and O–H groups in total. The van der Waals surface area contributed by atoms with E-state index in [1.165, 1.54) is 12.1 Å². The van der Waals surface area contributed by atoms with Gasteiger partial charge in [-0.2, -0.15) is 5.26 Å². The molecule has 1 aliphatic heterocycles. The number of hydrogen-bond acceptors (Lipinski definition) is 4. The minimum Gasteiger partial charge on any atom is -0.378 e. The molecule has 1 heterocycles. The summed E-state index contributed by atoms with van der Waals surface area (Å²) in [5, 5.41) is 8.80. The first kappa shape index (κ1) is 16.9. The zero-order chi connectivity index (χ0) is 17.6. The second-order valence-corrected chi connectivity index (χ2v) is 5.66. The summed E-state index contributed by atoms with van der Waals surface area (Å²) in [7, 11) is 0. The monoisotopic (exact) mass is 336 g/mol. The lowest BCUT2D eigenvalue weighted by Crippen LogP contribution is -2.37. The molecule has 25 heavy (non-hydrogen) atoms. The lowest BCUT2D eigenvalue weighted by atomic mass is 10.0. The minimum atomic E-state index is -0.529. The van der Waals surface area contributed by atoms with Crippen LogP contribution < -0.4 is 4.90 Å². The number of rotatable bonds is 4. The van der Waals surface area contributed by atoms with Crippen LogP contribution in [0.15, 0.2) is 48.5 Å². The van der Waals surface area contributed by atoms with Gasteiger partial charge in [-0.25, -0.2) is 4.39 Å². The molecule has 0 aliphatic carbocycles. The molecule has 0 spiro atoms. The molecule has 0 radical (unpaired) electrons. The lowest BCUT2D eigenvalue weighted by molar-refractivity contribution is 0.104. The highest BCUT2D eigenvalue weighted by atomic mass is 19.1. The van der Waals surface area contributed by atoms with Gasteiger partial charge in [0.1, 0.15) is 5.82 Å². The highest BCUT2D eigenvalue weighted by Crippen LogP contribution is 2.25. The van der Waals surface area contributed by atoms with Crippen molar-refractivity contribution in [3.63, 3.8) is 0 Å². The number of ketones is 1. The quantitative estimate of drug-likeness (QED) is 0.634. The molecule has 3 rings (SSSR count). The number of anilines is 1. The van der Waals surface area contributed by atoms with Crippen LogP contribution in [0, 0.1) is 17.1 Å². The Balaban J connectivity index is 1.85. The molecule has 0 amide bonds. The van der Waals surface area contributed by atoms with E-state index in [2.05, 4.69) is 0 Å². The maximum absolute atomic E-state index is 14.3. The number of allylic oxidation sites excluding steroid dienone is 1. The van der Waals surface area contributed by atoms with Gasteiger partial charge in [-0.1, -0.05) is 24.3 Å². The summed E-state index contributed by atoms with van der Waals surface area (Å²) in [6, 6.07) is 13.5. The fraction of sp³-hybridized carbons (Fsp3) is 0.200. The second-order valence-electron chi connectivity index (χ2n) is 5.66. The van der Waals surface area contributed by atoms with Gasteiger partial charge in [-0.05, 0) is 35.9 Å². The summed E-state index contributed by atoms with van der Waals surface area (Å²) in [6.07, 6.45) is 2.99. The predicted octanol–water partition coefficient (Wildman–Crippen LogP) is 3.43. The fourth-order valence-electron chi connectivity index (χ4n) is 2.75. The summed E-state index contributed by atoms with van der Waals surface area (Å²) in [5.41, 5.74) is 2.00. The van der Waals surface area contributed by atoms with Crippen molar-refractivity contribution in [1.82, 2.24) is 0 Å². The van der Waals surface area contributed by atoms with Crippen LogP contribution in [0.1, 0.15) is 21.5 Å². The molecule has 0 bridgehead atoms. The van der Waals surface area contributed by atoms with Crippen molar-refractivity contribution in [1.29, 1.82) is 5.26 Å². The van der Waals surface area contributed by atoms with Gasteiger partial charge in [0, 0.05) is 13.1 Å². The smallest absolute Gasteiger partial charge is 0.190 e. The Bertz CT molecular complexity index is 832. The van der Waals surface area contributed by atoms with Gasteiger partial charge in [-0.15, -0.1) is 0 Å². The first-order chi connectivity index (χ1) is 12.2. The zero-order valence-corrected chi connectivity index (χ0v) is 13.6. The van der Waals surface area contributed by atoms with Crippen LogP contribution in [-0.4, -0.2) is 32.1 Å². The molecule has 0 aromatic heterocycles. The highest BCUT2D eigenvalue weighted by Gasteiger charge is 2.20. The number of benzene rings is 2. The number of hydrogen-bond donors (Lipinski definition) is 0. The van der Waals surface area contributed by atoms with Gasteiger partial charge >= 0.3 is 0 Å². The fourth-order valence-corrected chi connectivity index (χ4v) is 2.75. The van der Waals surface area contributed by atoms with Crippen LogP contribution in [0.3, 0.4) is 0 Å². The standard InChI is InChI=1S/C20H17FN2O2/c21-17-2-1-3-18(23-10-12-25-13-11-23)20(17)19(24)9-8-15-4-6-16(14-22)7-5-15/h1-9H,10-13H2/b9-8-. The molecular formula is C20H17FN2O2. The molecule has 2 aromatic rings. The van der Waals surface area contributed by atoms with Gasteiger partial charge in [0.05, 0.1) is 36.1 Å². The number of halogens is 1. The molecule has 1 fully saturated rings. The average Bonchev–Trinajstić information content (AvgIpc) is 2.67. The second kappa shape index (κ2) is 7.73. The van der Waals surface area contributed by atoms with Crippen LogP contribution in [-0.2, 0) is 4.74 Å². The van der Waals surface area contributed by atoms with E-state index in [1.807, 2.05) is 11.0 Å². The zero-order valence-electron chi connectivity index (χ0n) is 13.6. The summed E-state index contributed by atoms with van der Waals surface area (Å²) in [5.74, 6) is -0.914. The van der Waals surface area contributed by atoms with Gasteiger partial charge in [-0.3, -0.25) is 4.79 Å². The largest absolute Gasteiger partial charge is 0.378 e. The third kappa shape index (κ3) is 3.93. The predicted molar refractivity (Wildman–Crippen MR) is 94.0 cm³/mol. The number of nitriles is 1. The van der Waals surface area contributed by atoms with Crippen LogP contribution >= 0.6 is 0 Å². The van der Waals surface area contributed by atoms with E-state index in [0.717, 1.165) is 5.56 Å². The lowest BCUT2D eigenvalue weighted by Gasteiger charge is -2.30. The molecule has 0 atom stereocenters. The van der Waals surface area contributed by atoms with Crippen molar-refractivity contribution in [3.05, 3.63) is 71.0 Å². The number of ether oxygens (including phenoxy) is 1. The maximum atomic E-state index is 14.3. The van der Waals surface area contributed by atoms with Crippen LogP contribution in [0.2, 0.25) is 0 Å². The van der Waals surface area contributed by atoms with Crippen molar-refractivity contribution in [2.75, 3.05) is 31.2 Å². The SMILES string of the molecule is N#Cc1ccc(/C=C\C(=O)c2c(F)cccc2N2CCOCC2)cc1. The van der Waals surface area contributed by atoms with E-state index in [-0.39, 0.29) is 11.3 Å². The molecule has 4 nitrogen and oxygen atoms in total. The van der Waals surface area contributed by atoms with Gasteiger partial charge in [0.15, 0.2) is 5.78 Å². The summed E-state index contributed by atoms with van der Waals surface area (Å²) in [4.78, 5) is 14.6. The first-order valence-electron chi connectivity index (χ1n) is 8.03. The van der Waals surface area contributed by atoms with Crippen molar-refractivity contribution >= 4 is 17.5 Å². The molecule has 1 aliphatic rings. The normalized spacial score (nSPS) is 14.5. The average molecular weight is 336 g/mol. The van der Waals surface area contributed by atoms with E-state index in [1.54, 1.807) is 42.5 Å². The van der Waals surface area contributed by atoms with Gasteiger partial charge < -0.3 is 9.64 Å². The van der Waals surface area contributed by atoms with Crippen LogP contribution in [0.25, 0.3) is 6.08 Å². The first-order valence-corrected chi connectivity index (χ1v) is 8.03. The van der Waals surface area contributed by atoms with Crippen molar-refractivity contribution < 1.29 is 13.9 Å². The number of morpholine rings is 1. The van der Waals surface area contributed by atoms with Crippen molar-refractivity contribution in [2.45, 2.75) is 0 Å². The Morgan fingerprint density at radius 3 is 2.56 bits per heavy atom. The Kier molecular flexibility index (Phi) is 5.22. The maximum Gasteiger partial charge on any atom is 0.190 e. The van der Waals surface area contributed by atoms with Crippen LogP contribution in [0.4, 0.5) is 10.1 Å². The van der Waals surface area contributed by atoms with E-state index in [4.69, 9.17) is 10.00 Å². The summed E-state index contributed by atoms with van der Waals surface area (Å²) >= 11 is 0. The van der Waals surface area contributed by atoms with E-state index in [0.29, 0.717) is 37.6 Å². The molecule has 126 valence electrons. The van der Waals surface area contributed by atoms with Gasteiger partial charge in [0.2, 0.25) is 0 Å². The summed E-state index contributed by atoms with van der Waals surface area (Å²) < 4.78 is 19.7. The number of carbonyl (C=O) groups excluding carboxylic acids is 1. The molecule has 0 unspecified atom stereocenters. The van der Waals surface area contributed by atoms with Gasteiger partial charge in [0.25, 0.3) is 0 Å². The van der Waals surface area contributed by atoms with Crippen molar-refractivity contribution in [3.8, 4) is 6.07 Å². The molecule has 2 aromatic carbocycles. The number of nitrogens with zero attached hydrogens (tertiary/aromatic N) is 2. The molecule has 5 heteroatoms. The number of carbonyl (C=O) groups is 1. The Morgan fingerprint density at radius 2 is 1.88 bits per heavy atom. The van der Waals surface area contributed by atoms with Crippen LogP contribution in [0.5, 0.6) is 0 Å². The highest BCUT2D eigenvalue weighted by molar-refractivity contribution is 6.10. The minimum absolute atomic E-state index is 0.0781. The molecule has 0 saturated carbocycles. The van der Waals surface area contributed by atoms with E-state index < -0.39 is 5.82 Å². The Labute approximate surface area is 145 Å². The summed E-state index contributed by atoms with van der Waals surface area (Å²) in [6.45, 7) is 2.38.